The fraction of sp³-hybridized carbons (Fsp3) is 0.600. The van der Waals surface area contributed by atoms with E-state index in [-0.39, 0.29) is 6.04 Å². The van der Waals surface area contributed by atoms with Crippen molar-refractivity contribution in [2.24, 2.45) is 5.73 Å². The molecule has 2 N–H and O–H groups in total. The maximum Gasteiger partial charge on any atom is 0.125 e. The Labute approximate surface area is 105 Å². The Balaban J connectivity index is 2.93. The maximum atomic E-state index is 5.79. The van der Waals surface area contributed by atoms with Crippen LogP contribution in [0.2, 0.25) is 0 Å². The third-order valence-corrected chi connectivity index (χ3v) is 3.41. The molecule has 96 valence electrons. The van der Waals surface area contributed by atoms with Gasteiger partial charge in [0.05, 0.1) is 7.11 Å². The van der Waals surface area contributed by atoms with E-state index in [4.69, 9.17) is 10.5 Å². The van der Waals surface area contributed by atoms with E-state index < -0.39 is 0 Å². The average Bonchev–Trinajstić information content (AvgIpc) is 2.25. The summed E-state index contributed by atoms with van der Waals surface area (Å²) in [6.45, 7) is 8.49. The number of hydrogen-bond donors (Lipinski definition) is 1. The Kier molecular flexibility index (Phi) is 5.01. The van der Waals surface area contributed by atoms with Crippen molar-refractivity contribution < 1.29 is 4.74 Å². The first kappa shape index (κ1) is 14.0. The van der Waals surface area contributed by atoms with Crippen molar-refractivity contribution in [3.8, 4) is 5.75 Å². The van der Waals surface area contributed by atoms with E-state index in [9.17, 15) is 0 Å². The van der Waals surface area contributed by atoms with Crippen LogP contribution in [0.15, 0.2) is 6.07 Å². The zero-order chi connectivity index (χ0) is 13.0. The van der Waals surface area contributed by atoms with Gasteiger partial charge in [0, 0.05) is 6.04 Å². The highest BCUT2D eigenvalue weighted by molar-refractivity contribution is 5.49. The zero-order valence-corrected chi connectivity index (χ0v) is 11.8. The SMILES string of the molecule is COc1c(C)c(C)cc(C)c1CCCC(C)N. The summed E-state index contributed by atoms with van der Waals surface area (Å²) in [4.78, 5) is 0. The molecule has 0 aliphatic carbocycles. The molecule has 0 fully saturated rings. The first-order valence-electron chi connectivity index (χ1n) is 6.36. The molecule has 1 rings (SSSR count). The van der Waals surface area contributed by atoms with E-state index >= 15 is 0 Å². The van der Waals surface area contributed by atoms with Gasteiger partial charge in [-0.2, -0.15) is 0 Å². The lowest BCUT2D eigenvalue weighted by molar-refractivity contribution is 0.404. The van der Waals surface area contributed by atoms with Gasteiger partial charge in [0.15, 0.2) is 0 Å². The maximum absolute atomic E-state index is 5.79. The molecule has 0 aliphatic rings. The molecular weight excluding hydrogens is 210 g/mol. The fourth-order valence-corrected chi connectivity index (χ4v) is 2.29. The van der Waals surface area contributed by atoms with Crippen LogP contribution in [0, 0.1) is 20.8 Å². The highest BCUT2D eigenvalue weighted by Gasteiger charge is 2.12. The first-order valence-corrected chi connectivity index (χ1v) is 6.36. The smallest absolute Gasteiger partial charge is 0.125 e. The molecule has 1 aromatic rings. The summed E-state index contributed by atoms with van der Waals surface area (Å²) in [5.41, 5.74) is 11.0. The second-order valence-corrected chi connectivity index (χ2v) is 5.02. The minimum Gasteiger partial charge on any atom is -0.496 e. The molecule has 0 saturated heterocycles. The minimum atomic E-state index is 0.285. The number of aryl methyl sites for hydroxylation is 2. The van der Waals surface area contributed by atoms with E-state index in [0.29, 0.717) is 0 Å². The van der Waals surface area contributed by atoms with Crippen molar-refractivity contribution in [1.82, 2.24) is 0 Å². The van der Waals surface area contributed by atoms with Crippen LogP contribution in [0.1, 0.15) is 42.0 Å². The van der Waals surface area contributed by atoms with Crippen molar-refractivity contribution in [3.63, 3.8) is 0 Å². The standard InChI is InChI=1S/C15H25NO/c1-10-9-11(2)14(8-6-7-12(3)16)15(17-5)13(10)4/h9,12H,6-8,16H2,1-5H3. The fourth-order valence-electron chi connectivity index (χ4n) is 2.29. The normalized spacial score (nSPS) is 12.6. The second kappa shape index (κ2) is 6.06. The molecule has 2 nitrogen and oxygen atoms in total. The highest BCUT2D eigenvalue weighted by atomic mass is 16.5. The van der Waals surface area contributed by atoms with Gasteiger partial charge in [0.25, 0.3) is 0 Å². The summed E-state index contributed by atoms with van der Waals surface area (Å²) in [5.74, 6) is 1.06. The van der Waals surface area contributed by atoms with Gasteiger partial charge in [-0.15, -0.1) is 0 Å². The van der Waals surface area contributed by atoms with E-state index in [1.165, 1.54) is 22.3 Å². The summed E-state index contributed by atoms with van der Waals surface area (Å²) < 4.78 is 5.56. The molecule has 0 aromatic heterocycles. The third-order valence-electron chi connectivity index (χ3n) is 3.41. The topological polar surface area (TPSA) is 35.2 Å². The molecule has 0 saturated carbocycles. The van der Waals surface area contributed by atoms with E-state index in [1.807, 2.05) is 0 Å². The van der Waals surface area contributed by atoms with Crippen LogP contribution >= 0.6 is 0 Å². The number of hydrogen-bond acceptors (Lipinski definition) is 2. The van der Waals surface area contributed by atoms with Crippen molar-refractivity contribution in [2.75, 3.05) is 7.11 Å². The van der Waals surface area contributed by atoms with Crippen molar-refractivity contribution in [2.45, 2.75) is 53.0 Å². The number of benzene rings is 1. The van der Waals surface area contributed by atoms with Crippen molar-refractivity contribution >= 4 is 0 Å². The summed E-state index contributed by atoms with van der Waals surface area (Å²) in [6, 6.07) is 2.53. The summed E-state index contributed by atoms with van der Waals surface area (Å²) in [6.07, 6.45) is 3.24. The molecule has 1 aromatic carbocycles. The van der Waals surface area contributed by atoms with Gasteiger partial charge in [0.1, 0.15) is 5.75 Å². The van der Waals surface area contributed by atoms with Gasteiger partial charge in [-0.25, -0.2) is 0 Å². The van der Waals surface area contributed by atoms with E-state index in [0.717, 1.165) is 25.0 Å². The molecular formula is C15H25NO. The molecule has 0 amide bonds. The quantitative estimate of drug-likeness (QED) is 0.850. The molecule has 17 heavy (non-hydrogen) atoms. The zero-order valence-electron chi connectivity index (χ0n) is 11.8. The van der Waals surface area contributed by atoms with Gasteiger partial charge in [0.2, 0.25) is 0 Å². The summed E-state index contributed by atoms with van der Waals surface area (Å²) in [7, 11) is 1.76. The minimum absolute atomic E-state index is 0.285. The Bertz CT molecular complexity index is 383. The van der Waals surface area contributed by atoms with Gasteiger partial charge >= 0.3 is 0 Å². The monoisotopic (exact) mass is 235 g/mol. The summed E-state index contributed by atoms with van der Waals surface area (Å²) >= 11 is 0. The molecule has 1 atom stereocenters. The number of nitrogens with two attached hydrogens (primary N) is 1. The molecule has 0 spiro atoms. The molecule has 0 heterocycles. The van der Waals surface area contributed by atoms with Gasteiger partial charge in [-0.05, 0) is 69.2 Å². The molecule has 0 bridgehead atoms. The van der Waals surface area contributed by atoms with E-state index in [2.05, 4.69) is 33.8 Å². The molecule has 0 aliphatic heterocycles. The Morgan fingerprint density at radius 1 is 1.24 bits per heavy atom. The van der Waals surface area contributed by atoms with Crippen molar-refractivity contribution in [1.29, 1.82) is 0 Å². The molecule has 0 radical (unpaired) electrons. The third kappa shape index (κ3) is 3.47. The van der Waals surface area contributed by atoms with Crippen LogP contribution in [-0.4, -0.2) is 13.2 Å². The predicted molar refractivity (Wildman–Crippen MR) is 73.8 cm³/mol. The van der Waals surface area contributed by atoms with Crippen LogP contribution in [-0.2, 0) is 6.42 Å². The number of methoxy groups -OCH3 is 1. The van der Waals surface area contributed by atoms with Gasteiger partial charge in [-0.1, -0.05) is 6.07 Å². The Morgan fingerprint density at radius 3 is 2.41 bits per heavy atom. The molecule has 2 heteroatoms. The Hall–Kier alpha value is -1.02. The number of ether oxygens (including phenoxy) is 1. The lowest BCUT2D eigenvalue weighted by Gasteiger charge is -2.17. The van der Waals surface area contributed by atoms with Crippen LogP contribution in [0.5, 0.6) is 5.75 Å². The van der Waals surface area contributed by atoms with Crippen LogP contribution in [0.3, 0.4) is 0 Å². The van der Waals surface area contributed by atoms with Gasteiger partial charge < -0.3 is 10.5 Å². The largest absolute Gasteiger partial charge is 0.496 e. The Morgan fingerprint density at radius 2 is 1.88 bits per heavy atom. The lowest BCUT2D eigenvalue weighted by atomic mass is 9.95. The van der Waals surface area contributed by atoms with Crippen LogP contribution < -0.4 is 10.5 Å². The average molecular weight is 235 g/mol. The lowest BCUT2D eigenvalue weighted by Crippen LogP contribution is -2.14. The molecule has 1 unspecified atom stereocenters. The predicted octanol–water partition coefficient (Wildman–Crippen LogP) is 3.29. The second-order valence-electron chi connectivity index (χ2n) is 5.02. The first-order chi connectivity index (χ1) is 7.97. The van der Waals surface area contributed by atoms with Crippen molar-refractivity contribution in [3.05, 3.63) is 28.3 Å². The number of rotatable bonds is 5. The van der Waals surface area contributed by atoms with Crippen LogP contribution in [0.4, 0.5) is 0 Å². The van der Waals surface area contributed by atoms with E-state index in [1.54, 1.807) is 7.11 Å². The highest BCUT2D eigenvalue weighted by Crippen LogP contribution is 2.30. The summed E-state index contributed by atoms with van der Waals surface area (Å²) in [5, 5.41) is 0. The van der Waals surface area contributed by atoms with Gasteiger partial charge in [-0.3, -0.25) is 0 Å². The van der Waals surface area contributed by atoms with Crippen LogP contribution in [0.25, 0.3) is 0 Å².